The highest BCUT2D eigenvalue weighted by molar-refractivity contribution is 6.33. The second-order valence-electron chi connectivity index (χ2n) is 4.88. The van der Waals surface area contributed by atoms with E-state index in [0.29, 0.717) is 22.8 Å². The van der Waals surface area contributed by atoms with E-state index in [-0.39, 0.29) is 5.91 Å². The molecule has 0 bridgehead atoms. The van der Waals surface area contributed by atoms with Gasteiger partial charge in [-0.3, -0.25) is 9.59 Å². The van der Waals surface area contributed by atoms with E-state index in [4.69, 9.17) is 16.7 Å². The highest BCUT2D eigenvalue weighted by Gasteiger charge is 2.48. The van der Waals surface area contributed by atoms with Crippen molar-refractivity contribution in [3.05, 3.63) is 41.9 Å². The Labute approximate surface area is 125 Å². The van der Waals surface area contributed by atoms with Crippen molar-refractivity contribution in [2.75, 3.05) is 5.32 Å². The number of anilines is 1. The average molecular weight is 306 g/mol. The summed E-state index contributed by atoms with van der Waals surface area (Å²) in [4.78, 5) is 26.9. The molecule has 2 aromatic rings. The molecule has 0 radical (unpaired) electrons. The van der Waals surface area contributed by atoms with Gasteiger partial charge in [0.15, 0.2) is 0 Å². The van der Waals surface area contributed by atoms with Crippen molar-refractivity contribution in [3.8, 4) is 5.69 Å². The van der Waals surface area contributed by atoms with Crippen LogP contribution in [-0.2, 0) is 9.59 Å². The maximum Gasteiger partial charge on any atom is 0.307 e. The van der Waals surface area contributed by atoms with Gasteiger partial charge >= 0.3 is 5.97 Å². The number of carboxylic acids is 1. The fourth-order valence-electron chi connectivity index (χ4n) is 2.25. The lowest BCUT2D eigenvalue weighted by atomic mass is 10.2. The van der Waals surface area contributed by atoms with E-state index in [2.05, 4.69) is 10.3 Å². The molecule has 1 amide bonds. The molecule has 2 N–H and O–H groups in total. The zero-order valence-corrected chi connectivity index (χ0v) is 11.6. The van der Waals surface area contributed by atoms with Gasteiger partial charge in [-0.25, -0.2) is 4.98 Å². The monoisotopic (exact) mass is 305 g/mol. The van der Waals surface area contributed by atoms with Gasteiger partial charge in [-0.15, -0.1) is 0 Å². The molecule has 7 heteroatoms. The molecule has 1 aromatic carbocycles. The summed E-state index contributed by atoms with van der Waals surface area (Å²) in [6, 6.07) is 5.15. The van der Waals surface area contributed by atoms with E-state index in [1.165, 1.54) is 0 Å². The minimum absolute atomic E-state index is 0.300. The third-order valence-electron chi connectivity index (χ3n) is 3.45. The highest BCUT2D eigenvalue weighted by Crippen LogP contribution is 2.40. The number of carboxylic acid groups (broad SMARTS) is 1. The number of carbonyl (C=O) groups excluding carboxylic acids is 1. The van der Waals surface area contributed by atoms with Crippen molar-refractivity contribution in [3.63, 3.8) is 0 Å². The van der Waals surface area contributed by atoms with E-state index in [0.717, 1.165) is 0 Å². The van der Waals surface area contributed by atoms with Crippen LogP contribution in [0.2, 0.25) is 5.02 Å². The number of benzene rings is 1. The number of amides is 1. The van der Waals surface area contributed by atoms with Crippen LogP contribution in [-0.4, -0.2) is 26.5 Å². The topological polar surface area (TPSA) is 84.2 Å². The number of rotatable bonds is 4. The van der Waals surface area contributed by atoms with Crippen LogP contribution in [0.3, 0.4) is 0 Å². The molecule has 1 fully saturated rings. The fraction of sp³-hybridized carbons (Fsp3) is 0.214. The summed E-state index contributed by atoms with van der Waals surface area (Å²) in [5.41, 5.74) is 1.14. The first-order valence-corrected chi connectivity index (χ1v) is 6.76. The van der Waals surface area contributed by atoms with Gasteiger partial charge in [0.1, 0.15) is 0 Å². The van der Waals surface area contributed by atoms with Crippen molar-refractivity contribution < 1.29 is 14.7 Å². The average Bonchev–Trinajstić information content (AvgIpc) is 3.08. The van der Waals surface area contributed by atoms with E-state index >= 15 is 0 Å². The maximum absolute atomic E-state index is 12.1. The number of carbonyl (C=O) groups is 2. The van der Waals surface area contributed by atoms with Gasteiger partial charge in [-0.1, -0.05) is 17.7 Å². The molecule has 0 unspecified atom stereocenters. The van der Waals surface area contributed by atoms with Gasteiger partial charge in [-0.2, -0.15) is 0 Å². The lowest BCUT2D eigenvalue weighted by Crippen LogP contribution is -2.18. The predicted octanol–water partition coefficient (Wildman–Crippen LogP) is 2.18. The summed E-state index contributed by atoms with van der Waals surface area (Å²) >= 11 is 6.18. The van der Waals surface area contributed by atoms with Crippen LogP contribution < -0.4 is 5.32 Å². The van der Waals surface area contributed by atoms with Crippen LogP contribution in [0.15, 0.2) is 36.9 Å². The van der Waals surface area contributed by atoms with E-state index < -0.39 is 17.8 Å². The molecule has 1 aliphatic carbocycles. The Hall–Kier alpha value is -2.34. The Morgan fingerprint density at radius 1 is 1.38 bits per heavy atom. The highest BCUT2D eigenvalue weighted by atomic mass is 35.5. The van der Waals surface area contributed by atoms with Gasteiger partial charge in [0.2, 0.25) is 5.91 Å². The zero-order valence-electron chi connectivity index (χ0n) is 10.9. The molecule has 108 valence electrons. The summed E-state index contributed by atoms with van der Waals surface area (Å²) in [7, 11) is 0. The molecule has 1 saturated carbocycles. The van der Waals surface area contributed by atoms with E-state index in [9.17, 15) is 9.59 Å². The van der Waals surface area contributed by atoms with Gasteiger partial charge in [-0.05, 0) is 18.6 Å². The summed E-state index contributed by atoms with van der Waals surface area (Å²) in [6.07, 6.45) is 5.28. The molecule has 1 aliphatic rings. The largest absolute Gasteiger partial charge is 0.481 e. The molecule has 21 heavy (non-hydrogen) atoms. The predicted molar refractivity (Wildman–Crippen MR) is 76.4 cm³/mol. The van der Waals surface area contributed by atoms with Crippen molar-refractivity contribution in [1.82, 2.24) is 9.55 Å². The Balaban J connectivity index is 1.85. The number of nitrogens with one attached hydrogen (secondary N) is 1. The third-order valence-corrected chi connectivity index (χ3v) is 3.76. The number of nitrogens with zero attached hydrogens (tertiary/aromatic N) is 2. The van der Waals surface area contributed by atoms with Crippen molar-refractivity contribution in [2.24, 2.45) is 11.8 Å². The second-order valence-corrected chi connectivity index (χ2v) is 5.29. The molecular weight excluding hydrogens is 294 g/mol. The first-order valence-electron chi connectivity index (χ1n) is 6.38. The van der Waals surface area contributed by atoms with E-state index in [1.807, 2.05) is 0 Å². The number of aliphatic carboxylic acids is 1. The van der Waals surface area contributed by atoms with Gasteiger partial charge < -0.3 is 15.0 Å². The van der Waals surface area contributed by atoms with E-state index in [1.54, 1.807) is 41.5 Å². The number of hydrogen-bond acceptors (Lipinski definition) is 3. The van der Waals surface area contributed by atoms with Crippen LogP contribution in [0.25, 0.3) is 5.69 Å². The molecule has 6 nitrogen and oxygen atoms in total. The summed E-state index contributed by atoms with van der Waals surface area (Å²) < 4.78 is 1.69. The van der Waals surface area contributed by atoms with Crippen LogP contribution in [0, 0.1) is 11.8 Å². The lowest BCUT2D eigenvalue weighted by molar-refractivity contribution is -0.139. The van der Waals surface area contributed by atoms with Crippen molar-refractivity contribution in [2.45, 2.75) is 6.42 Å². The minimum Gasteiger partial charge on any atom is -0.481 e. The smallest absolute Gasteiger partial charge is 0.307 e. The number of halogens is 1. The van der Waals surface area contributed by atoms with Crippen LogP contribution in [0.5, 0.6) is 0 Å². The molecule has 0 spiro atoms. The lowest BCUT2D eigenvalue weighted by Gasteiger charge is -2.13. The molecule has 1 heterocycles. The third kappa shape index (κ3) is 2.62. The number of aromatic nitrogens is 2. The summed E-state index contributed by atoms with van der Waals surface area (Å²) in [5, 5.41) is 12.1. The molecule has 0 saturated heterocycles. The number of para-hydroxylation sites is 1. The molecule has 0 aliphatic heterocycles. The first kappa shape index (κ1) is 13.6. The fourth-order valence-corrected chi connectivity index (χ4v) is 2.53. The summed E-state index contributed by atoms with van der Waals surface area (Å²) in [5.74, 6) is -2.29. The molecule has 1 aromatic heterocycles. The van der Waals surface area contributed by atoms with Crippen LogP contribution >= 0.6 is 11.6 Å². The quantitative estimate of drug-likeness (QED) is 0.907. The minimum atomic E-state index is -0.934. The Morgan fingerprint density at radius 3 is 2.81 bits per heavy atom. The standard InChI is InChI=1S/C14H12ClN3O3/c15-10-2-1-3-11(12(10)18-5-4-16-7-18)17-13(19)8-6-9(8)14(20)21/h1-5,7-9H,6H2,(H,17,19)(H,20,21)/t8-,9+/m1/s1. The maximum atomic E-state index is 12.1. The SMILES string of the molecule is O=C(O)[C@H]1C[C@H]1C(=O)Nc1cccc(Cl)c1-n1ccnc1. The normalized spacial score (nSPS) is 20.0. The Morgan fingerprint density at radius 2 is 2.19 bits per heavy atom. The first-order chi connectivity index (χ1) is 10.1. The van der Waals surface area contributed by atoms with Crippen LogP contribution in [0.4, 0.5) is 5.69 Å². The Kier molecular flexibility index (Phi) is 3.39. The zero-order chi connectivity index (χ0) is 15.0. The molecular formula is C14H12ClN3O3. The van der Waals surface area contributed by atoms with Gasteiger partial charge in [0.25, 0.3) is 0 Å². The van der Waals surface area contributed by atoms with Gasteiger partial charge in [0, 0.05) is 12.4 Å². The number of imidazole rings is 1. The molecule has 3 rings (SSSR count). The Bertz CT molecular complexity index is 699. The molecule has 2 atom stereocenters. The summed E-state index contributed by atoms with van der Waals surface area (Å²) in [6.45, 7) is 0. The van der Waals surface area contributed by atoms with Crippen LogP contribution in [0.1, 0.15) is 6.42 Å². The second kappa shape index (κ2) is 5.21. The number of hydrogen-bond donors (Lipinski definition) is 2. The van der Waals surface area contributed by atoms with Crippen molar-refractivity contribution in [1.29, 1.82) is 0 Å². The van der Waals surface area contributed by atoms with Crippen molar-refractivity contribution >= 4 is 29.2 Å². The van der Waals surface area contributed by atoms with Gasteiger partial charge in [0.05, 0.1) is 34.6 Å².